The summed E-state index contributed by atoms with van der Waals surface area (Å²) in [5, 5.41) is 11.4. The Balaban J connectivity index is 2.33. The summed E-state index contributed by atoms with van der Waals surface area (Å²) in [5.41, 5.74) is 0.891. The van der Waals surface area contributed by atoms with E-state index in [4.69, 9.17) is 21.7 Å². The predicted octanol–water partition coefficient (Wildman–Crippen LogP) is 3.35. The fraction of sp³-hybridized carbons (Fsp3) is 0.400. The van der Waals surface area contributed by atoms with E-state index in [0.29, 0.717) is 22.9 Å². The van der Waals surface area contributed by atoms with Crippen molar-refractivity contribution >= 4 is 18.4 Å². The van der Waals surface area contributed by atoms with Crippen molar-refractivity contribution in [2.24, 2.45) is 5.10 Å². The van der Waals surface area contributed by atoms with Crippen LogP contribution in [0.15, 0.2) is 23.3 Å². The lowest BCUT2D eigenvalue weighted by Gasteiger charge is -2.09. The van der Waals surface area contributed by atoms with Gasteiger partial charge in [0.05, 0.1) is 19.9 Å². The lowest BCUT2D eigenvalue weighted by atomic mass is 10.2. The number of aromatic nitrogens is 3. The molecule has 1 aromatic carbocycles. The molecule has 0 saturated heterocycles. The summed E-state index contributed by atoms with van der Waals surface area (Å²) in [6.45, 7) is 6.58. The largest absolute Gasteiger partial charge is 0.493 e. The molecule has 0 bridgehead atoms. The average Bonchev–Trinajstić information content (AvgIpc) is 2.87. The molecule has 0 aliphatic rings. The molecule has 0 amide bonds. The summed E-state index contributed by atoms with van der Waals surface area (Å²) in [6, 6.07) is 5.64. The first-order chi connectivity index (χ1) is 10.6. The Bertz CT molecular complexity index is 719. The zero-order valence-electron chi connectivity index (χ0n) is 13.2. The molecular weight excluding hydrogens is 300 g/mol. The molecule has 0 saturated carbocycles. The van der Waals surface area contributed by atoms with Gasteiger partial charge in [0.1, 0.15) is 0 Å². The number of nitrogens with zero attached hydrogens (tertiary/aromatic N) is 3. The number of H-pyrrole nitrogens is 1. The molecule has 1 aromatic heterocycles. The van der Waals surface area contributed by atoms with Gasteiger partial charge in [-0.15, -0.1) is 0 Å². The predicted molar refractivity (Wildman–Crippen MR) is 88.7 cm³/mol. The van der Waals surface area contributed by atoms with Crippen LogP contribution in [0.5, 0.6) is 11.5 Å². The van der Waals surface area contributed by atoms with Gasteiger partial charge in [0.15, 0.2) is 17.3 Å². The molecule has 1 N–H and O–H groups in total. The van der Waals surface area contributed by atoms with E-state index in [9.17, 15) is 0 Å². The molecule has 0 radical (unpaired) electrons. The van der Waals surface area contributed by atoms with E-state index >= 15 is 0 Å². The van der Waals surface area contributed by atoms with E-state index in [1.165, 1.54) is 0 Å². The minimum Gasteiger partial charge on any atom is -0.493 e. The highest BCUT2D eigenvalue weighted by Gasteiger charge is 2.09. The van der Waals surface area contributed by atoms with Crippen LogP contribution < -0.4 is 9.47 Å². The van der Waals surface area contributed by atoms with Crippen LogP contribution in [-0.2, 0) is 0 Å². The molecule has 0 unspecified atom stereocenters. The maximum Gasteiger partial charge on any atom is 0.216 e. The summed E-state index contributed by atoms with van der Waals surface area (Å²) in [4.78, 5) is 0. The van der Waals surface area contributed by atoms with Gasteiger partial charge in [-0.25, -0.2) is 0 Å². The summed E-state index contributed by atoms with van der Waals surface area (Å²) in [7, 11) is 1.62. The van der Waals surface area contributed by atoms with Crippen molar-refractivity contribution in [3.63, 3.8) is 0 Å². The second-order valence-corrected chi connectivity index (χ2v) is 5.33. The number of rotatable bonds is 6. The van der Waals surface area contributed by atoms with Crippen LogP contribution in [0.1, 0.15) is 38.1 Å². The molecule has 0 aliphatic carbocycles. The van der Waals surface area contributed by atoms with Gasteiger partial charge in [0.2, 0.25) is 4.77 Å². The summed E-state index contributed by atoms with van der Waals surface area (Å²) in [6.07, 6.45) is 1.72. The average molecular weight is 320 g/mol. The van der Waals surface area contributed by atoms with Gasteiger partial charge in [-0.1, -0.05) is 13.8 Å². The quantitative estimate of drug-likeness (QED) is 0.655. The summed E-state index contributed by atoms with van der Waals surface area (Å²) < 4.78 is 12.9. The summed E-state index contributed by atoms with van der Waals surface area (Å²) in [5.74, 6) is 2.40. The first-order valence-corrected chi connectivity index (χ1v) is 7.50. The molecule has 1 heterocycles. The monoisotopic (exact) mass is 320 g/mol. The molecule has 118 valence electrons. The van der Waals surface area contributed by atoms with Crippen molar-refractivity contribution in [1.29, 1.82) is 0 Å². The minimum atomic E-state index is 0.222. The van der Waals surface area contributed by atoms with Gasteiger partial charge < -0.3 is 9.47 Å². The third kappa shape index (κ3) is 3.54. The van der Waals surface area contributed by atoms with Gasteiger partial charge in [0.25, 0.3) is 0 Å². The Morgan fingerprint density at radius 1 is 1.41 bits per heavy atom. The molecule has 0 fully saturated rings. The maximum atomic E-state index is 5.56. The van der Waals surface area contributed by atoms with Gasteiger partial charge in [0, 0.05) is 5.92 Å². The van der Waals surface area contributed by atoms with Crippen molar-refractivity contribution < 1.29 is 9.47 Å². The first-order valence-electron chi connectivity index (χ1n) is 7.09. The molecule has 22 heavy (non-hydrogen) atoms. The van der Waals surface area contributed by atoms with Crippen molar-refractivity contribution in [3.05, 3.63) is 34.4 Å². The van der Waals surface area contributed by atoms with Crippen molar-refractivity contribution in [2.45, 2.75) is 26.7 Å². The smallest absolute Gasteiger partial charge is 0.216 e. The lowest BCUT2D eigenvalue weighted by Crippen LogP contribution is -2.01. The number of benzene rings is 1. The highest BCUT2D eigenvalue weighted by molar-refractivity contribution is 7.71. The van der Waals surface area contributed by atoms with Crippen molar-refractivity contribution in [3.8, 4) is 11.5 Å². The highest BCUT2D eigenvalue weighted by Crippen LogP contribution is 2.27. The van der Waals surface area contributed by atoms with Crippen LogP contribution in [0.2, 0.25) is 0 Å². The fourth-order valence-corrected chi connectivity index (χ4v) is 2.14. The van der Waals surface area contributed by atoms with Crippen molar-refractivity contribution in [2.75, 3.05) is 13.7 Å². The SMILES string of the molecule is CCOc1cc(/C=N\n2c(C(C)C)n[nH]c2=S)ccc1OC. The van der Waals surface area contributed by atoms with E-state index < -0.39 is 0 Å². The topological polar surface area (TPSA) is 64.4 Å². The van der Waals surface area contributed by atoms with Crippen LogP contribution in [-0.4, -0.2) is 34.8 Å². The minimum absolute atomic E-state index is 0.222. The van der Waals surface area contributed by atoms with Gasteiger partial charge >= 0.3 is 0 Å². The van der Waals surface area contributed by atoms with E-state index in [0.717, 1.165) is 11.4 Å². The molecule has 0 aliphatic heterocycles. The third-order valence-corrected chi connectivity index (χ3v) is 3.27. The number of nitrogens with one attached hydrogen (secondary N) is 1. The number of hydrogen-bond acceptors (Lipinski definition) is 5. The van der Waals surface area contributed by atoms with Crippen molar-refractivity contribution in [1.82, 2.24) is 14.9 Å². The van der Waals surface area contributed by atoms with Crippen LogP contribution in [0.3, 0.4) is 0 Å². The van der Waals surface area contributed by atoms with Crippen LogP contribution in [0.4, 0.5) is 0 Å². The number of methoxy groups -OCH3 is 1. The third-order valence-electron chi connectivity index (χ3n) is 3.00. The highest BCUT2D eigenvalue weighted by atomic mass is 32.1. The molecule has 7 heteroatoms. The van der Waals surface area contributed by atoms with E-state index in [2.05, 4.69) is 15.3 Å². The van der Waals surface area contributed by atoms with E-state index in [-0.39, 0.29) is 5.92 Å². The van der Waals surface area contributed by atoms with Crippen LogP contribution in [0.25, 0.3) is 0 Å². The van der Waals surface area contributed by atoms with Gasteiger partial charge in [-0.05, 0) is 42.9 Å². The van der Waals surface area contributed by atoms with Gasteiger partial charge in [-0.3, -0.25) is 5.10 Å². The van der Waals surface area contributed by atoms with E-state index in [1.807, 2.05) is 39.0 Å². The molecule has 0 spiro atoms. The van der Waals surface area contributed by atoms with Crippen LogP contribution >= 0.6 is 12.2 Å². The van der Waals surface area contributed by atoms with Crippen LogP contribution in [0, 0.1) is 4.77 Å². The summed E-state index contributed by atoms with van der Waals surface area (Å²) >= 11 is 5.20. The Kier molecular flexibility index (Phi) is 5.32. The Hall–Kier alpha value is -2.15. The standard InChI is InChI=1S/C15H20N4O2S/c1-5-21-13-8-11(6-7-12(13)20-4)9-16-19-14(10(2)3)17-18-15(19)22/h6-10H,5H2,1-4H3,(H,18,22)/b16-9-. The zero-order valence-corrected chi connectivity index (χ0v) is 14.0. The number of ether oxygens (including phenoxy) is 2. The Morgan fingerprint density at radius 2 is 2.18 bits per heavy atom. The molecular formula is C15H20N4O2S. The Morgan fingerprint density at radius 3 is 2.82 bits per heavy atom. The second-order valence-electron chi connectivity index (χ2n) is 4.94. The molecule has 2 aromatic rings. The molecule has 0 atom stereocenters. The number of hydrogen-bond donors (Lipinski definition) is 1. The van der Waals surface area contributed by atoms with Gasteiger partial charge in [-0.2, -0.15) is 14.9 Å². The fourth-order valence-electron chi connectivity index (χ4n) is 1.96. The van der Waals surface area contributed by atoms with E-state index in [1.54, 1.807) is 18.0 Å². The first kappa shape index (κ1) is 16.2. The second kappa shape index (κ2) is 7.22. The lowest BCUT2D eigenvalue weighted by molar-refractivity contribution is 0.311. The molecule has 6 nitrogen and oxygen atoms in total. The Labute approximate surface area is 134 Å². The molecule has 2 rings (SSSR count). The maximum absolute atomic E-state index is 5.56. The zero-order chi connectivity index (χ0) is 16.1. The normalized spacial score (nSPS) is 11.3. The number of aromatic amines is 1.